The van der Waals surface area contributed by atoms with Gasteiger partial charge < -0.3 is 10.6 Å². The summed E-state index contributed by atoms with van der Waals surface area (Å²) in [5.41, 5.74) is 0.955. The summed E-state index contributed by atoms with van der Waals surface area (Å²) < 4.78 is 0. The first kappa shape index (κ1) is 23.7. The van der Waals surface area contributed by atoms with Gasteiger partial charge in [0.05, 0.1) is 5.56 Å². The van der Waals surface area contributed by atoms with Crippen LogP contribution < -0.4 is 10.6 Å². The number of nitrogens with zero attached hydrogens (tertiary/aromatic N) is 2. The minimum absolute atomic E-state index is 0.230. The quantitative estimate of drug-likeness (QED) is 0.614. The third-order valence-corrected chi connectivity index (χ3v) is 9.49. The van der Waals surface area contributed by atoms with E-state index in [1.54, 1.807) is 0 Å². The number of carbonyl (C=O) groups is 3. The van der Waals surface area contributed by atoms with Crippen LogP contribution in [0, 0.1) is 28.6 Å². The molecule has 0 radical (unpaired) electrons. The molecule has 0 aromatic carbocycles. The monoisotopic (exact) mass is 470 g/mol. The zero-order valence-electron chi connectivity index (χ0n) is 20.0. The van der Waals surface area contributed by atoms with Gasteiger partial charge in [0.25, 0.3) is 5.91 Å². The van der Waals surface area contributed by atoms with Crippen LogP contribution in [0.4, 0.5) is 9.80 Å². The number of anilines is 1. The molecule has 1 saturated heterocycles. The number of rotatable bonds is 5. The van der Waals surface area contributed by atoms with Gasteiger partial charge in [-0.1, -0.05) is 34.1 Å². The topological polar surface area (TPSA) is 102 Å². The van der Waals surface area contributed by atoms with Crippen molar-refractivity contribution in [2.24, 2.45) is 17.3 Å². The molecule has 33 heavy (non-hydrogen) atoms. The largest absolute Gasteiger partial charge is 0.325 e. The first-order valence-electron chi connectivity index (χ1n) is 12.1. The van der Waals surface area contributed by atoms with E-state index >= 15 is 0 Å². The molecule has 8 heteroatoms. The molecule has 2 aliphatic carbocycles. The Morgan fingerprint density at radius 3 is 2.64 bits per heavy atom. The Balaban J connectivity index is 1.46. The van der Waals surface area contributed by atoms with Gasteiger partial charge in [-0.25, -0.2) is 4.79 Å². The summed E-state index contributed by atoms with van der Waals surface area (Å²) in [4.78, 5) is 40.6. The molecule has 1 saturated carbocycles. The minimum Gasteiger partial charge on any atom is -0.323 e. The van der Waals surface area contributed by atoms with Crippen LogP contribution >= 0.6 is 11.3 Å². The number of amides is 4. The molecule has 4 rings (SSSR count). The van der Waals surface area contributed by atoms with Gasteiger partial charge in [-0.2, -0.15) is 5.26 Å². The number of carbonyl (C=O) groups excluding carboxylic acids is 3. The number of urea groups is 1. The lowest BCUT2D eigenvalue weighted by molar-refractivity contribution is -0.135. The average Bonchev–Trinajstić information content (AvgIpc) is 3.24. The number of nitriles is 1. The summed E-state index contributed by atoms with van der Waals surface area (Å²) in [6, 6.07) is 1.77. The van der Waals surface area contributed by atoms with Crippen LogP contribution in [0.2, 0.25) is 0 Å². The second-order valence-corrected chi connectivity index (χ2v) is 11.8. The summed E-state index contributed by atoms with van der Waals surface area (Å²) >= 11 is 1.47. The minimum atomic E-state index is -0.856. The number of hydrogen-bond donors (Lipinski definition) is 2. The number of imide groups is 1. The Kier molecular flexibility index (Phi) is 6.30. The van der Waals surface area contributed by atoms with E-state index in [2.05, 4.69) is 44.4 Å². The lowest BCUT2D eigenvalue weighted by atomic mass is 9.69. The Labute approximate surface area is 199 Å². The average molecular weight is 471 g/mol. The number of hydrogen-bond acceptors (Lipinski definition) is 5. The zero-order valence-corrected chi connectivity index (χ0v) is 20.9. The number of thiophene rings is 1. The summed E-state index contributed by atoms with van der Waals surface area (Å²) in [6.07, 6.45) is 6.88. The highest BCUT2D eigenvalue weighted by Crippen LogP contribution is 2.45. The highest BCUT2D eigenvalue weighted by Gasteiger charge is 2.52. The van der Waals surface area contributed by atoms with E-state index in [4.69, 9.17) is 0 Å². The predicted octanol–water partition coefficient (Wildman–Crippen LogP) is 4.60. The van der Waals surface area contributed by atoms with Crippen molar-refractivity contribution in [3.63, 3.8) is 0 Å². The first-order valence-corrected chi connectivity index (χ1v) is 12.9. The molecule has 3 aliphatic rings. The van der Waals surface area contributed by atoms with E-state index in [9.17, 15) is 19.6 Å². The maximum absolute atomic E-state index is 13.0. The van der Waals surface area contributed by atoms with Gasteiger partial charge in [-0.05, 0) is 67.8 Å². The van der Waals surface area contributed by atoms with Crippen LogP contribution in [0.1, 0.15) is 82.2 Å². The van der Waals surface area contributed by atoms with Crippen molar-refractivity contribution in [1.82, 2.24) is 10.2 Å². The third kappa shape index (κ3) is 4.28. The molecule has 4 amide bonds. The van der Waals surface area contributed by atoms with Gasteiger partial charge in [0, 0.05) is 4.88 Å². The Morgan fingerprint density at radius 2 is 2.00 bits per heavy atom. The van der Waals surface area contributed by atoms with Crippen LogP contribution in [-0.2, 0) is 22.4 Å². The van der Waals surface area contributed by atoms with E-state index in [1.807, 2.05) is 0 Å². The van der Waals surface area contributed by atoms with Gasteiger partial charge in [0.1, 0.15) is 23.2 Å². The van der Waals surface area contributed by atoms with E-state index < -0.39 is 17.5 Å². The van der Waals surface area contributed by atoms with Gasteiger partial charge >= 0.3 is 6.03 Å². The summed E-state index contributed by atoms with van der Waals surface area (Å²) in [5, 5.41) is 16.0. The Bertz CT molecular complexity index is 1010. The van der Waals surface area contributed by atoms with E-state index in [0.29, 0.717) is 35.2 Å². The van der Waals surface area contributed by atoms with E-state index in [1.165, 1.54) is 16.2 Å². The zero-order chi connectivity index (χ0) is 24.0. The molecule has 7 nitrogen and oxygen atoms in total. The third-order valence-electron chi connectivity index (χ3n) is 8.32. The highest BCUT2D eigenvalue weighted by atomic mass is 32.1. The molecule has 0 bridgehead atoms. The van der Waals surface area contributed by atoms with Crippen molar-refractivity contribution in [1.29, 1.82) is 5.26 Å². The van der Waals surface area contributed by atoms with Crippen molar-refractivity contribution in [2.45, 2.75) is 84.6 Å². The van der Waals surface area contributed by atoms with E-state index in [-0.39, 0.29) is 17.9 Å². The fourth-order valence-corrected chi connectivity index (χ4v) is 6.77. The molecule has 1 aromatic rings. The smallest absolute Gasteiger partial charge is 0.323 e. The number of fused-ring (bicyclic) bond motifs is 1. The normalized spacial score (nSPS) is 27.3. The fraction of sp³-hybridized carbons (Fsp3) is 0.680. The summed E-state index contributed by atoms with van der Waals surface area (Å²) in [6.45, 7) is 8.62. The van der Waals surface area contributed by atoms with Crippen molar-refractivity contribution >= 4 is 34.2 Å². The highest BCUT2D eigenvalue weighted by molar-refractivity contribution is 7.16. The molecule has 1 spiro atoms. The first-order chi connectivity index (χ1) is 15.6. The number of nitrogens with one attached hydrogen (secondary N) is 2. The van der Waals surface area contributed by atoms with E-state index in [0.717, 1.165) is 49.0 Å². The van der Waals surface area contributed by atoms with Crippen molar-refractivity contribution in [3.05, 3.63) is 16.0 Å². The van der Waals surface area contributed by atoms with Crippen LogP contribution in [0.3, 0.4) is 0 Å². The van der Waals surface area contributed by atoms with Crippen LogP contribution in [0.15, 0.2) is 0 Å². The standard InChI is InChI=1S/C25H34N4O3S/c1-5-24(3,4)16-6-7-17-18(13-26)21(33-19(17)12-16)27-20(30)14-29-22(31)25(28-23(29)32)10-8-15(2)9-11-25/h15-16H,5-12,14H2,1-4H3,(H,27,30)(H,28,32)/t15?,16-,25?/m0/s1. The molecule has 2 N–H and O–H groups in total. The second kappa shape index (κ2) is 8.75. The second-order valence-electron chi connectivity index (χ2n) is 10.7. The van der Waals surface area contributed by atoms with Gasteiger partial charge in [-0.15, -0.1) is 11.3 Å². The van der Waals surface area contributed by atoms with Crippen molar-refractivity contribution in [2.75, 3.05) is 11.9 Å². The molecular formula is C25H34N4O3S. The van der Waals surface area contributed by atoms with Gasteiger partial charge in [0.15, 0.2) is 0 Å². The molecule has 2 heterocycles. The molecule has 1 atom stereocenters. The van der Waals surface area contributed by atoms with Crippen LogP contribution in [0.5, 0.6) is 0 Å². The predicted molar refractivity (Wildman–Crippen MR) is 128 cm³/mol. The molecule has 2 fully saturated rings. The summed E-state index contributed by atoms with van der Waals surface area (Å²) in [5.74, 6) is 0.337. The maximum Gasteiger partial charge on any atom is 0.325 e. The van der Waals surface area contributed by atoms with Crippen molar-refractivity contribution in [3.8, 4) is 6.07 Å². The lowest BCUT2D eigenvalue weighted by Gasteiger charge is -2.36. The fourth-order valence-electron chi connectivity index (χ4n) is 5.47. The van der Waals surface area contributed by atoms with Gasteiger partial charge in [0.2, 0.25) is 5.91 Å². The van der Waals surface area contributed by atoms with Crippen molar-refractivity contribution < 1.29 is 14.4 Å². The molecule has 1 aliphatic heterocycles. The Morgan fingerprint density at radius 1 is 1.30 bits per heavy atom. The van der Waals surface area contributed by atoms with Gasteiger partial charge in [-0.3, -0.25) is 14.5 Å². The SMILES string of the molecule is CCC(C)(C)[C@H]1CCc2c(sc(NC(=O)CN3C(=O)NC4(CCC(C)CC4)C3=O)c2C#N)C1. The Hall–Kier alpha value is -2.40. The molecule has 0 unspecified atom stereocenters. The lowest BCUT2D eigenvalue weighted by Crippen LogP contribution is -2.49. The maximum atomic E-state index is 13.0. The molecular weight excluding hydrogens is 436 g/mol. The molecule has 1 aromatic heterocycles. The molecule has 178 valence electrons. The van der Waals surface area contributed by atoms with Crippen LogP contribution in [-0.4, -0.2) is 34.8 Å². The van der Waals surface area contributed by atoms with Crippen LogP contribution in [0.25, 0.3) is 0 Å². The summed E-state index contributed by atoms with van der Waals surface area (Å²) in [7, 11) is 0.